The normalized spacial score (nSPS) is 18.6. The third-order valence-electron chi connectivity index (χ3n) is 5.57. The molecule has 1 aromatic carbocycles. The molecular weight excluding hydrogens is 375 g/mol. The summed E-state index contributed by atoms with van der Waals surface area (Å²) in [6.07, 6.45) is 3.14. The third kappa shape index (κ3) is 3.25. The van der Waals surface area contributed by atoms with Gasteiger partial charge in [-0.25, -0.2) is 17.4 Å². The molecule has 28 heavy (non-hydrogen) atoms. The van der Waals surface area contributed by atoms with Gasteiger partial charge in [-0.3, -0.25) is 0 Å². The van der Waals surface area contributed by atoms with Crippen LogP contribution in [0.1, 0.15) is 33.3 Å². The number of fused-ring (bicyclic) bond motifs is 1. The Morgan fingerprint density at radius 2 is 1.64 bits per heavy atom. The summed E-state index contributed by atoms with van der Waals surface area (Å²) < 4.78 is 39.1. The SMILES string of the molecule is CC1(C)OB(c2ccc(CS(=O)(=O)n3ccc4cccnc43)cc2)OC1(C)C. The Hall–Kier alpha value is -2.16. The molecule has 4 rings (SSSR count). The molecule has 0 saturated carbocycles. The van der Waals surface area contributed by atoms with Crippen LogP contribution < -0.4 is 5.46 Å². The van der Waals surface area contributed by atoms with E-state index in [4.69, 9.17) is 9.31 Å². The molecule has 1 fully saturated rings. The molecule has 0 spiro atoms. The summed E-state index contributed by atoms with van der Waals surface area (Å²) in [5.74, 6) is -0.114. The molecule has 1 aliphatic heterocycles. The highest BCUT2D eigenvalue weighted by atomic mass is 32.2. The van der Waals surface area contributed by atoms with Crippen molar-refractivity contribution in [1.29, 1.82) is 0 Å². The van der Waals surface area contributed by atoms with E-state index in [1.54, 1.807) is 36.7 Å². The maximum atomic E-state index is 12.9. The van der Waals surface area contributed by atoms with Crippen LogP contribution in [-0.2, 0) is 25.1 Å². The van der Waals surface area contributed by atoms with Crippen LogP contribution in [0.5, 0.6) is 0 Å². The molecule has 3 heterocycles. The summed E-state index contributed by atoms with van der Waals surface area (Å²) in [5.41, 5.74) is 1.17. The van der Waals surface area contributed by atoms with Crippen LogP contribution in [0.25, 0.3) is 11.0 Å². The molecule has 146 valence electrons. The second-order valence-corrected chi connectivity index (χ2v) is 9.96. The van der Waals surface area contributed by atoms with E-state index in [0.717, 1.165) is 10.8 Å². The van der Waals surface area contributed by atoms with Crippen LogP contribution in [0, 0.1) is 0 Å². The maximum Gasteiger partial charge on any atom is 0.494 e. The van der Waals surface area contributed by atoms with Gasteiger partial charge in [-0.1, -0.05) is 24.3 Å². The van der Waals surface area contributed by atoms with Crippen LogP contribution in [0.15, 0.2) is 54.9 Å². The largest absolute Gasteiger partial charge is 0.494 e. The van der Waals surface area contributed by atoms with Gasteiger partial charge >= 0.3 is 7.12 Å². The number of benzene rings is 1. The van der Waals surface area contributed by atoms with E-state index in [9.17, 15) is 8.42 Å². The molecule has 3 aromatic rings. The lowest BCUT2D eigenvalue weighted by Gasteiger charge is -2.32. The number of pyridine rings is 1. The number of nitrogens with zero attached hydrogens (tertiary/aromatic N) is 2. The summed E-state index contributed by atoms with van der Waals surface area (Å²) in [5, 5.41) is 0.794. The minimum absolute atomic E-state index is 0.114. The van der Waals surface area contributed by atoms with E-state index in [1.807, 2.05) is 45.9 Å². The maximum absolute atomic E-state index is 12.9. The summed E-state index contributed by atoms with van der Waals surface area (Å²) in [6.45, 7) is 8.01. The fourth-order valence-electron chi connectivity index (χ4n) is 3.20. The van der Waals surface area contributed by atoms with E-state index in [1.165, 1.54) is 3.97 Å². The van der Waals surface area contributed by atoms with Gasteiger partial charge in [-0.05, 0) is 56.9 Å². The lowest BCUT2D eigenvalue weighted by Crippen LogP contribution is -2.41. The molecule has 0 bridgehead atoms. The van der Waals surface area contributed by atoms with Gasteiger partial charge in [0.25, 0.3) is 0 Å². The highest BCUT2D eigenvalue weighted by Crippen LogP contribution is 2.36. The molecule has 0 atom stereocenters. The lowest BCUT2D eigenvalue weighted by molar-refractivity contribution is 0.00578. The Labute approximate surface area is 165 Å². The van der Waals surface area contributed by atoms with Gasteiger partial charge in [0.15, 0.2) is 5.65 Å². The van der Waals surface area contributed by atoms with E-state index in [2.05, 4.69) is 4.98 Å². The second kappa shape index (κ2) is 6.44. The van der Waals surface area contributed by atoms with Crippen LogP contribution in [0.2, 0.25) is 0 Å². The Morgan fingerprint density at radius 3 is 2.29 bits per heavy atom. The standard InChI is InChI=1S/C20H23BN2O4S/c1-19(2)20(3,4)27-21(26-19)17-9-7-15(8-10-17)14-28(24,25)23-13-11-16-6-5-12-22-18(16)23/h5-13H,14H2,1-4H3. The first-order valence-corrected chi connectivity index (χ1v) is 10.8. The molecule has 2 aromatic heterocycles. The molecule has 0 amide bonds. The number of hydrogen-bond donors (Lipinski definition) is 0. The monoisotopic (exact) mass is 398 g/mol. The topological polar surface area (TPSA) is 70.4 Å². The third-order valence-corrected chi connectivity index (χ3v) is 7.16. The van der Waals surface area contributed by atoms with Gasteiger partial charge in [0.2, 0.25) is 10.0 Å². The minimum Gasteiger partial charge on any atom is -0.399 e. The first-order valence-electron chi connectivity index (χ1n) is 9.19. The van der Waals surface area contributed by atoms with E-state index < -0.39 is 28.3 Å². The van der Waals surface area contributed by atoms with Crippen molar-refractivity contribution < 1.29 is 17.7 Å². The van der Waals surface area contributed by atoms with Crippen LogP contribution in [-0.4, -0.2) is 35.7 Å². The van der Waals surface area contributed by atoms with Crippen LogP contribution >= 0.6 is 0 Å². The Morgan fingerprint density at radius 1 is 1.00 bits per heavy atom. The predicted molar refractivity (Wildman–Crippen MR) is 110 cm³/mol. The van der Waals surface area contributed by atoms with E-state index in [-0.39, 0.29) is 5.75 Å². The molecule has 0 N–H and O–H groups in total. The number of rotatable bonds is 4. The molecule has 0 aliphatic carbocycles. The Kier molecular flexibility index (Phi) is 4.41. The molecule has 8 heteroatoms. The summed E-state index contributed by atoms with van der Waals surface area (Å²) in [4.78, 5) is 4.19. The zero-order valence-electron chi connectivity index (χ0n) is 16.4. The quantitative estimate of drug-likeness (QED) is 0.632. The number of aromatic nitrogens is 2. The van der Waals surface area contributed by atoms with Crippen molar-refractivity contribution in [2.45, 2.75) is 44.6 Å². The van der Waals surface area contributed by atoms with Gasteiger partial charge in [0, 0.05) is 17.8 Å². The molecule has 0 radical (unpaired) electrons. The summed E-state index contributed by atoms with van der Waals surface area (Å²) in [6, 6.07) is 12.7. The molecule has 6 nitrogen and oxygen atoms in total. The Bertz CT molecular complexity index is 1100. The lowest BCUT2D eigenvalue weighted by atomic mass is 9.79. The van der Waals surface area contributed by atoms with Crippen molar-refractivity contribution in [2.75, 3.05) is 0 Å². The van der Waals surface area contributed by atoms with E-state index in [0.29, 0.717) is 11.2 Å². The van der Waals surface area contributed by atoms with Gasteiger partial charge in [-0.15, -0.1) is 0 Å². The summed E-state index contributed by atoms with van der Waals surface area (Å²) in [7, 11) is -4.04. The van der Waals surface area contributed by atoms with Crippen molar-refractivity contribution in [1.82, 2.24) is 8.96 Å². The zero-order chi connectivity index (χ0) is 20.2. The van der Waals surface area contributed by atoms with E-state index >= 15 is 0 Å². The van der Waals surface area contributed by atoms with Crippen molar-refractivity contribution in [2.24, 2.45) is 0 Å². The first-order chi connectivity index (χ1) is 13.1. The van der Waals surface area contributed by atoms with Crippen molar-refractivity contribution in [3.63, 3.8) is 0 Å². The van der Waals surface area contributed by atoms with Gasteiger partial charge < -0.3 is 9.31 Å². The number of hydrogen-bond acceptors (Lipinski definition) is 5. The zero-order valence-corrected chi connectivity index (χ0v) is 17.2. The second-order valence-electron chi connectivity index (χ2n) is 8.11. The van der Waals surface area contributed by atoms with Crippen molar-refractivity contribution >= 4 is 33.6 Å². The minimum atomic E-state index is -3.57. The first kappa shape index (κ1) is 19.2. The average molecular weight is 398 g/mol. The molecule has 1 saturated heterocycles. The fourth-order valence-corrected chi connectivity index (χ4v) is 4.61. The van der Waals surface area contributed by atoms with Crippen LogP contribution in [0.4, 0.5) is 0 Å². The smallest absolute Gasteiger partial charge is 0.399 e. The van der Waals surface area contributed by atoms with Gasteiger partial charge in [0.1, 0.15) is 0 Å². The Balaban J connectivity index is 1.55. The predicted octanol–water partition coefficient (Wildman–Crippen LogP) is 2.71. The van der Waals surface area contributed by atoms with Crippen molar-refractivity contribution in [3.05, 3.63) is 60.4 Å². The highest BCUT2D eigenvalue weighted by Gasteiger charge is 2.51. The average Bonchev–Trinajstić information content (AvgIpc) is 3.14. The summed E-state index contributed by atoms with van der Waals surface area (Å²) >= 11 is 0. The van der Waals surface area contributed by atoms with Crippen LogP contribution in [0.3, 0.4) is 0 Å². The molecule has 0 unspecified atom stereocenters. The van der Waals surface area contributed by atoms with Gasteiger partial charge in [-0.2, -0.15) is 0 Å². The fraction of sp³-hybridized carbons (Fsp3) is 0.350. The van der Waals surface area contributed by atoms with Gasteiger partial charge in [0.05, 0.1) is 17.0 Å². The molecular formula is C20H23BN2O4S. The van der Waals surface area contributed by atoms with Crippen molar-refractivity contribution in [3.8, 4) is 0 Å². The molecule has 1 aliphatic rings. The highest BCUT2D eigenvalue weighted by molar-refractivity contribution is 7.89.